The number of ether oxygens (including phenoxy) is 7. The zero-order valence-corrected chi connectivity index (χ0v) is 22.1. The van der Waals surface area contributed by atoms with Crippen LogP contribution in [0.1, 0.15) is 44.9 Å². The minimum absolute atomic E-state index is 0.0373. The van der Waals surface area contributed by atoms with Crippen LogP contribution in [0.4, 0.5) is 0 Å². The molecule has 0 spiro atoms. The first-order valence-electron chi connectivity index (χ1n) is 12.0. The number of hydrogen-bond acceptors (Lipinski definition) is 8. The van der Waals surface area contributed by atoms with Crippen LogP contribution < -0.4 is 28.4 Å². The average molecular weight is 499 g/mol. The highest BCUT2D eigenvalue weighted by atomic mass is 16.7. The maximum Gasteiger partial charge on any atom is 0.333 e. The van der Waals surface area contributed by atoms with Crippen molar-refractivity contribution in [3.8, 4) is 45.6 Å². The van der Waals surface area contributed by atoms with E-state index in [2.05, 4.69) is 13.8 Å². The summed E-state index contributed by atoms with van der Waals surface area (Å²) in [6, 6.07) is 3.86. The molecule has 0 amide bonds. The first-order chi connectivity index (χ1) is 17.3. The standard InChI is InChI=1S/C28H34O8/c1-9-14(2)28(29)36-23-16(4)15(3)10-17-11-20-25(35-13-34-20)26(32-7)21(17)22-18(23)12-19(30-5)24(31-6)27(22)33-8/h9,11-12,15-16,23H,10,13H2,1-8H3/t15-,16-,23-/m0/s1. The molecule has 2 aromatic carbocycles. The van der Waals surface area contributed by atoms with Gasteiger partial charge in [-0.3, -0.25) is 0 Å². The van der Waals surface area contributed by atoms with Crippen molar-refractivity contribution < 1.29 is 38.0 Å². The Kier molecular flexibility index (Phi) is 7.24. The van der Waals surface area contributed by atoms with Crippen molar-refractivity contribution in [1.29, 1.82) is 0 Å². The average Bonchev–Trinajstić information content (AvgIpc) is 3.36. The molecule has 1 aliphatic carbocycles. The summed E-state index contributed by atoms with van der Waals surface area (Å²) in [6.45, 7) is 7.91. The van der Waals surface area contributed by atoms with E-state index in [1.54, 1.807) is 41.4 Å². The third-order valence-corrected chi connectivity index (χ3v) is 7.23. The molecular formula is C28H34O8. The number of fused-ring (bicyclic) bond motifs is 4. The highest BCUT2D eigenvalue weighted by Gasteiger charge is 2.39. The van der Waals surface area contributed by atoms with E-state index in [-0.39, 0.29) is 24.6 Å². The fourth-order valence-corrected chi connectivity index (χ4v) is 4.96. The molecule has 194 valence electrons. The second-order valence-corrected chi connectivity index (χ2v) is 9.13. The third kappa shape index (κ3) is 4.08. The van der Waals surface area contributed by atoms with Crippen molar-refractivity contribution >= 4 is 5.97 Å². The van der Waals surface area contributed by atoms with Gasteiger partial charge in [-0.25, -0.2) is 4.79 Å². The van der Waals surface area contributed by atoms with Gasteiger partial charge in [0.2, 0.25) is 18.3 Å². The van der Waals surface area contributed by atoms with Crippen molar-refractivity contribution in [3.05, 3.63) is 34.9 Å². The lowest BCUT2D eigenvalue weighted by molar-refractivity contribution is -0.148. The van der Waals surface area contributed by atoms with E-state index in [1.807, 2.05) is 19.1 Å². The van der Waals surface area contributed by atoms with E-state index in [1.165, 1.54) is 0 Å². The van der Waals surface area contributed by atoms with Crippen molar-refractivity contribution in [2.24, 2.45) is 11.8 Å². The topological polar surface area (TPSA) is 81.7 Å². The van der Waals surface area contributed by atoms with Gasteiger partial charge in [0.15, 0.2) is 23.0 Å². The molecule has 0 N–H and O–H groups in total. The molecular weight excluding hydrogens is 464 g/mol. The smallest absolute Gasteiger partial charge is 0.333 e. The Morgan fingerprint density at radius 2 is 1.64 bits per heavy atom. The number of esters is 1. The van der Waals surface area contributed by atoms with Crippen molar-refractivity contribution in [3.63, 3.8) is 0 Å². The molecule has 0 saturated carbocycles. The van der Waals surface area contributed by atoms with Crippen LogP contribution in [0.5, 0.6) is 34.5 Å². The van der Waals surface area contributed by atoms with Crippen LogP contribution in [0, 0.1) is 11.8 Å². The number of hydrogen-bond donors (Lipinski definition) is 0. The molecule has 1 aliphatic heterocycles. The summed E-state index contributed by atoms with van der Waals surface area (Å²) in [5.74, 6) is 2.78. The number of rotatable bonds is 6. The normalized spacial score (nSPS) is 20.4. The quantitative estimate of drug-likeness (QED) is 0.382. The number of carbonyl (C=O) groups excluding carboxylic acids is 1. The van der Waals surface area contributed by atoms with Gasteiger partial charge in [-0.15, -0.1) is 0 Å². The lowest BCUT2D eigenvalue weighted by Gasteiger charge is -2.35. The maximum atomic E-state index is 13.0. The second-order valence-electron chi connectivity index (χ2n) is 9.13. The largest absolute Gasteiger partial charge is 0.493 e. The molecule has 4 rings (SSSR count). The predicted molar refractivity (Wildman–Crippen MR) is 135 cm³/mol. The molecule has 0 unspecified atom stereocenters. The highest BCUT2D eigenvalue weighted by molar-refractivity contribution is 5.90. The van der Waals surface area contributed by atoms with Gasteiger partial charge in [0, 0.05) is 28.2 Å². The number of methoxy groups -OCH3 is 4. The summed E-state index contributed by atoms with van der Waals surface area (Å²) in [5.41, 5.74) is 3.77. The van der Waals surface area contributed by atoms with Gasteiger partial charge in [-0.1, -0.05) is 19.9 Å². The summed E-state index contributed by atoms with van der Waals surface area (Å²) in [6.07, 6.45) is 1.85. The maximum absolute atomic E-state index is 13.0. The Morgan fingerprint density at radius 1 is 0.944 bits per heavy atom. The van der Waals surface area contributed by atoms with E-state index in [4.69, 9.17) is 33.2 Å². The van der Waals surface area contributed by atoms with Crippen LogP contribution >= 0.6 is 0 Å². The molecule has 8 heteroatoms. The van der Waals surface area contributed by atoms with Gasteiger partial charge >= 0.3 is 5.97 Å². The number of benzene rings is 2. The predicted octanol–water partition coefficient (Wildman–Crippen LogP) is 5.50. The van der Waals surface area contributed by atoms with Gasteiger partial charge in [0.05, 0.1) is 28.4 Å². The number of allylic oxidation sites excluding steroid dienone is 1. The monoisotopic (exact) mass is 498 g/mol. The third-order valence-electron chi connectivity index (χ3n) is 7.23. The molecule has 2 aromatic rings. The molecule has 8 nitrogen and oxygen atoms in total. The summed E-state index contributed by atoms with van der Waals surface area (Å²) >= 11 is 0. The van der Waals surface area contributed by atoms with Crippen molar-refractivity contribution in [1.82, 2.24) is 0 Å². The van der Waals surface area contributed by atoms with Gasteiger partial charge < -0.3 is 33.2 Å². The van der Waals surface area contributed by atoms with E-state index in [0.717, 1.165) is 16.7 Å². The lowest BCUT2D eigenvalue weighted by atomic mass is 9.75. The summed E-state index contributed by atoms with van der Waals surface area (Å²) in [7, 11) is 6.30. The van der Waals surface area contributed by atoms with Crippen LogP contribution in [0.15, 0.2) is 23.8 Å². The molecule has 0 radical (unpaired) electrons. The molecule has 0 bridgehead atoms. The fourth-order valence-electron chi connectivity index (χ4n) is 4.96. The minimum Gasteiger partial charge on any atom is -0.493 e. The molecule has 36 heavy (non-hydrogen) atoms. The summed E-state index contributed by atoms with van der Waals surface area (Å²) in [5, 5.41) is 0. The minimum atomic E-state index is -0.589. The number of carbonyl (C=O) groups is 1. The van der Waals surface area contributed by atoms with Gasteiger partial charge in [-0.2, -0.15) is 0 Å². The zero-order chi connectivity index (χ0) is 26.1. The second kappa shape index (κ2) is 10.2. The Hall–Kier alpha value is -3.55. The molecule has 3 atom stereocenters. The molecule has 0 saturated heterocycles. The van der Waals surface area contributed by atoms with Crippen molar-refractivity contribution in [2.45, 2.75) is 40.2 Å². The Bertz CT molecular complexity index is 1200. The molecule has 0 aromatic heterocycles. The summed E-state index contributed by atoms with van der Waals surface area (Å²) in [4.78, 5) is 13.0. The Labute approximate surface area is 212 Å². The molecule has 2 aliphatic rings. The van der Waals surface area contributed by atoms with Crippen LogP contribution in [0.3, 0.4) is 0 Å². The summed E-state index contributed by atoms with van der Waals surface area (Å²) < 4.78 is 41.0. The van der Waals surface area contributed by atoms with Crippen LogP contribution in [0.2, 0.25) is 0 Å². The van der Waals surface area contributed by atoms with Crippen LogP contribution in [0.25, 0.3) is 11.1 Å². The van der Waals surface area contributed by atoms with Gasteiger partial charge in [-0.05, 0) is 43.9 Å². The first-order valence-corrected chi connectivity index (χ1v) is 12.0. The van der Waals surface area contributed by atoms with Gasteiger partial charge in [0.25, 0.3) is 0 Å². The molecule has 1 heterocycles. The van der Waals surface area contributed by atoms with E-state index >= 15 is 0 Å². The Morgan fingerprint density at radius 3 is 2.25 bits per heavy atom. The first kappa shape index (κ1) is 25.5. The van der Waals surface area contributed by atoms with Crippen LogP contribution in [-0.4, -0.2) is 41.2 Å². The van der Waals surface area contributed by atoms with Crippen molar-refractivity contribution in [2.75, 3.05) is 35.2 Å². The highest BCUT2D eigenvalue weighted by Crippen LogP contribution is 2.58. The van der Waals surface area contributed by atoms with E-state index in [0.29, 0.717) is 52.1 Å². The van der Waals surface area contributed by atoms with E-state index in [9.17, 15) is 4.79 Å². The lowest BCUT2D eigenvalue weighted by Crippen LogP contribution is -2.27. The van der Waals surface area contributed by atoms with E-state index < -0.39 is 6.10 Å². The fraction of sp³-hybridized carbons (Fsp3) is 0.464. The van der Waals surface area contributed by atoms with Gasteiger partial charge in [0.1, 0.15) is 6.10 Å². The Balaban J connectivity index is 2.13. The van der Waals surface area contributed by atoms with Crippen LogP contribution in [-0.2, 0) is 16.0 Å². The molecule has 0 fully saturated rings. The zero-order valence-electron chi connectivity index (χ0n) is 22.1. The SMILES string of the molecule is CC=C(C)C(=O)O[C@@H]1c2cc(OC)c(OC)c(OC)c2-c2c(cc3c(c2OC)OCO3)C[C@H](C)[C@@H]1C.